The zero-order valence-electron chi connectivity index (χ0n) is 23.2. The average Bonchev–Trinajstić information content (AvgIpc) is 3.36. The maximum Gasteiger partial charge on any atom is 0.270 e. The van der Waals surface area contributed by atoms with Crippen LogP contribution in [0, 0.1) is 6.92 Å². The van der Waals surface area contributed by atoms with Crippen molar-refractivity contribution >= 4 is 17.7 Å². The Kier molecular flexibility index (Phi) is 8.78. The summed E-state index contributed by atoms with van der Waals surface area (Å²) in [5.74, 6) is 2.21. The number of benzene rings is 1. The monoisotopic (exact) mass is 551 g/mol. The van der Waals surface area contributed by atoms with E-state index in [-0.39, 0.29) is 24.2 Å². The molecule has 214 valence electrons. The number of hydrogen-bond donors (Lipinski definition) is 3. The van der Waals surface area contributed by atoms with Crippen LogP contribution in [0.1, 0.15) is 40.0 Å². The van der Waals surface area contributed by atoms with Gasteiger partial charge in [0, 0.05) is 45.8 Å². The number of fused-ring (bicyclic) bond motifs is 1. The van der Waals surface area contributed by atoms with Crippen molar-refractivity contribution in [1.29, 1.82) is 0 Å². The smallest absolute Gasteiger partial charge is 0.270 e. The van der Waals surface area contributed by atoms with Gasteiger partial charge in [0.1, 0.15) is 23.9 Å². The van der Waals surface area contributed by atoms with Crippen molar-refractivity contribution in [2.24, 2.45) is 0 Å². The van der Waals surface area contributed by atoms with E-state index in [9.17, 15) is 9.90 Å². The van der Waals surface area contributed by atoms with E-state index in [1.165, 1.54) is 17.5 Å². The fourth-order valence-corrected chi connectivity index (χ4v) is 4.58. The number of oxazole rings is 1. The first-order valence-corrected chi connectivity index (χ1v) is 13.6. The molecule has 3 aromatic rings. The van der Waals surface area contributed by atoms with E-state index < -0.39 is 6.10 Å². The summed E-state index contributed by atoms with van der Waals surface area (Å²) >= 11 is 0. The van der Waals surface area contributed by atoms with Gasteiger partial charge in [-0.05, 0) is 43.5 Å². The second-order valence-electron chi connectivity index (χ2n) is 10.3. The third kappa shape index (κ3) is 6.87. The van der Waals surface area contributed by atoms with Crippen LogP contribution in [0.25, 0.3) is 0 Å². The van der Waals surface area contributed by atoms with Crippen LogP contribution in [0.5, 0.6) is 5.75 Å². The number of aliphatic hydroxyl groups excluding tert-OH is 1. The van der Waals surface area contributed by atoms with Gasteiger partial charge in [0.2, 0.25) is 5.95 Å². The van der Waals surface area contributed by atoms with Crippen molar-refractivity contribution in [1.82, 2.24) is 25.2 Å². The molecule has 0 aliphatic carbocycles. The van der Waals surface area contributed by atoms with Crippen LogP contribution in [0.2, 0.25) is 0 Å². The quantitative estimate of drug-likeness (QED) is 0.304. The number of rotatable bonds is 12. The Bertz CT molecular complexity index is 1310. The van der Waals surface area contributed by atoms with Gasteiger partial charge in [0.05, 0.1) is 31.1 Å². The predicted octanol–water partition coefficient (Wildman–Crippen LogP) is 1.77. The second-order valence-corrected chi connectivity index (χ2v) is 10.3. The summed E-state index contributed by atoms with van der Waals surface area (Å²) in [7, 11) is 1.88. The lowest BCUT2D eigenvalue weighted by atomic mass is 9.99. The van der Waals surface area contributed by atoms with Gasteiger partial charge in [0.25, 0.3) is 5.91 Å². The molecular weight excluding hydrogens is 514 g/mol. The van der Waals surface area contributed by atoms with Gasteiger partial charge < -0.3 is 34.5 Å². The number of β-amino-alcohol motifs (C(OH)–C–C–N with tert-alkyl or cyclic N) is 1. The largest absolute Gasteiger partial charge is 0.486 e. The molecule has 0 spiro atoms. The van der Waals surface area contributed by atoms with Gasteiger partial charge in [-0.15, -0.1) is 0 Å². The number of nitrogens with one attached hydrogen (secondary N) is 2. The molecule has 1 saturated heterocycles. The maximum absolute atomic E-state index is 13.0. The summed E-state index contributed by atoms with van der Waals surface area (Å²) in [5.41, 5.74) is 3.52. The third-order valence-corrected chi connectivity index (χ3v) is 7.20. The molecule has 4 heterocycles. The fraction of sp³-hybridized carbons (Fsp3) is 0.500. The first kappa shape index (κ1) is 27.8. The number of ether oxygens (including phenoxy) is 2. The van der Waals surface area contributed by atoms with E-state index in [2.05, 4.69) is 42.6 Å². The Morgan fingerprint density at radius 2 is 2.12 bits per heavy atom. The topological polar surface area (TPSA) is 138 Å². The molecule has 0 bridgehead atoms. The van der Waals surface area contributed by atoms with Crippen molar-refractivity contribution in [3.05, 3.63) is 58.9 Å². The molecule has 3 N–H and O–H groups in total. The molecule has 1 amide bonds. The van der Waals surface area contributed by atoms with Gasteiger partial charge in [-0.3, -0.25) is 9.69 Å². The minimum atomic E-state index is -0.720. The number of aliphatic hydroxyl groups is 1. The van der Waals surface area contributed by atoms with E-state index in [0.717, 1.165) is 36.7 Å². The molecule has 1 atom stereocenters. The van der Waals surface area contributed by atoms with E-state index in [1.54, 1.807) is 6.07 Å². The number of hydrogen-bond acceptors (Lipinski definition) is 11. The number of carbonyl (C=O) groups is 1. The lowest BCUT2D eigenvalue weighted by Crippen LogP contribution is -2.42. The predicted molar refractivity (Wildman–Crippen MR) is 149 cm³/mol. The lowest BCUT2D eigenvalue weighted by molar-refractivity contribution is 0.0209. The minimum absolute atomic E-state index is 0.123. The van der Waals surface area contributed by atoms with E-state index in [4.69, 9.17) is 13.9 Å². The molecule has 40 heavy (non-hydrogen) atoms. The summed E-state index contributed by atoms with van der Waals surface area (Å²) in [4.78, 5) is 30.1. The molecule has 1 fully saturated rings. The van der Waals surface area contributed by atoms with Crippen LogP contribution in [-0.4, -0.2) is 89.5 Å². The number of anilines is 2. The normalized spacial score (nSPS) is 16.1. The molecule has 12 nitrogen and oxygen atoms in total. The van der Waals surface area contributed by atoms with Gasteiger partial charge in [-0.25, -0.2) is 9.97 Å². The van der Waals surface area contributed by atoms with Crippen molar-refractivity contribution in [2.75, 3.05) is 56.7 Å². The number of amides is 1. The maximum atomic E-state index is 13.0. The van der Waals surface area contributed by atoms with Crippen LogP contribution >= 0.6 is 0 Å². The molecule has 1 unspecified atom stereocenters. The number of nitrogens with zero attached hydrogens (tertiary/aromatic N) is 5. The number of aryl methyl sites for hydroxylation is 1. The fourth-order valence-electron chi connectivity index (χ4n) is 4.58. The summed E-state index contributed by atoms with van der Waals surface area (Å²) in [6, 6.07) is 7.91. The Labute approximate surface area is 233 Å². The Morgan fingerprint density at radius 1 is 1.27 bits per heavy atom. The zero-order valence-corrected chi connectivity index (χ0v) is 23.2. The standard InChI is InChI=1S/C28H37N7O5/c1-4-34(3)28-32-24(10-26(33-28)31-21-14-38-15-21)27(37)29-11-22(36)13-35-8-7-19-9-23(6-5-20(19)12-35)39-16-25-18(2)30-17-40-25/h5-6,9-10,17,21-22,36H,4,7-8,11-16H2,1-3H3,(H,29,37)(H,31,32,33). The number of aromatic nitrogens is 3. The van der Waals surface area contributed by atoms with Crippen molar-refractivity contribution < 1.29 is 23.8 Å². The zero-order chi connectivity index (χ0) is 28.1. The minimum Gasteiger partial charge on any atom is -0.486 e. The first-order valence-electron chi connectivity index (χ1n) is 13.6. The number of carbonyl (C=O) groups excluding carboxylic acids is 1. The Morgan fingerprint density at radius 3 is 2.85 bits per heavy atom. The molecular formula is C28H37N7O5. The molecule has 0 saturated carbocycles. The van der Waals surface area contributed by atoms with Crippen molar-refractivity contribution in [3.8, 4) is 5.75 Å². The van der Waals surface area contributed by atoms with Crippen LogP contribution in [0.15, 0.2) is 35.1 Å². The van der Waals surface area contributed by atoms with Gasteiger partial charge in [-0.1, -0.05) is 6.07 Å². The SMILES string of the molecule is CCN(C)c1nc(NC2COC2)cc(C(=O)NCC(O)CN2CCc3cc(OCc4ocnc4C)ccc3C2)n1. The molecule has 12 heteroatoms. The Balaban J connectivity index is 1.12. The summed E-state index contributed by atoms with van der Waals surface area (Å²) in [5, 5.41) is 16.8. The molecule has 2 aliphatic rings. The van der Waals surface area contributed by atoms with Gasteiger partial charge in [0.15, 0.2) is 12.2 Å². The molecule has 1 aromatic carbocycles. The first-order chi connectivity index (χ1) is 19.4. The second kappa shape index (κ2) is 12.6. The van der Waals surface area contributed by atoms with Crippen molar-refractivity contribution in [3.63, 3.8) is 0 Å². The van der Waals surface area contributed by atoms with Crippen LogP contribution < -0.4 is 20.3 Å². The summed E-state index contributed by atoms with van der Waals surface area (Å²) in [6.45, 7) is 8.24. The highest BCUT2D eigenvalue weighted by atomic mass is 16.5. The highest BCUT2D eigenvalue weighted by Gasteiger charge is 2.23. The highest BCUT2D eigenvalue weighted by Crippen LogP contribution is 2.25. The molecule has 2 aromatic heterocycles. The van der Waals surface area contributed by atoms with Crippen LogP contribution in [-0.2, 0) is 24.3 Å². The van der Waals surface area contributed by atoms with E-state index >= 15 is 0 Å². The van der Waals surface area contributed by atoms with Gasteiger partial charge in [-0.2, -0.15) is 4.98 Å². The molecule has 0 radical (unpaired) electrons. The van der Waals surface area contributed by atoms with Crippen molar-refractivity contribution in [2.45, 2.75) is 45.6 Å². The van der Waals surface area contributed by atoms with E-state index in [1.807, 2.05) is 31.9 Å². The summed E-state index contributed by atoms with van der Waals surface area (Å²) < 4.78 is 16.5. The van der Waals surface area contributed by atoms with Crippen LogP contribution in [0.3, 0.4) is 0 Å². The molecule has 5 rings (SSSR count). The summed E-state index contributed by atoms with van der Waals surface area (Å²) in [6.07, 6.45) is 1.56. The van der Waals surface area contributed by atoms with Gasteiger partial charge >= 0.3 is 0 Å². The van der Waals surface area contributed by atoms with E-state index in [0.29, 0.717) is 44.7 Å². The molecule has 2 aliphatic heterocycles. The van der Waals surface area contributed by atoms with Crippen LogP contribution in [0.4, 0.5) is 11.8 Å². The average molecular weight is 552 g/mol. The third-order valence-electron chi connectivity index (χ3n) is 7.20. The highest BCUT2D eigenvalue weighted by molar-refractivity contribution is 5.93. The Hall–Kier alpha value is -3.74. The lowest BCUT2D eigenvalue weighted by Gasteiger charge is -2.30.